The maximum absolute atomic E-state index is 4.42. The molecule has 0 bridgehead atoms. The molecule has 0 aliphatic heterocycles. The molecule has 3 heteroatoms. The SMILES string of the molecule is C=CCN(CC=C)c1cc(CNCC(C)C)ccn1. The van der Waals surface area contributed by atoms with Gasteiger partial charge in [-0.1, -0.05) is 26.0 Å². The molecule has 1 heterocycles. The Kier molecular flexibility index (Phi) is 6.90. The van der Waals surface area contributed by atoms with Crippen LogP contribution in [0, 0.1) is 5.92 Å². The Morgan fingerprint density at radius 3 is 2.58 bits per heavy atom. The summed E-state index contributed by atoms with van der Waals surface area (Å²) in [5.74, 6) is 1.64. The van der Waals surface area contributed by atoms with Gasteiger partial charge in [0.05, 0.1) is 0 Å². The molecular formula is C16H25N3. The van der Waals surface area contributed by atoms with Crippen molar-refractivity contribution in [1.29, 1.82) is 0 Å². The molecule has 1 aromatic rings. The van der Waals surface area contributed by atoms with Gasteiger partial charge in [0.15, 0.2) is 0 Å². The molecule has 0 spiro atoms. The van der Waals surface area contributed by atoms with E-state index in [1.165, 1.54) is 5.56 Å². The first-order chi connectivity index (χ1) is 9.17. The summed E-state index contributed by atoms with van der Waals surface area (Å²) in [6, 6.07) is 4.18. The third-order valence-corrected chi connectivity index (χ3v) is 2.71. The number of anilines is 1. The first kappa shape index (κ1) is 15.4. The molecule has 3 nitrogen and oxygen atoms in total. The summed E-state index contributed by atoms with van der Waals surface area (Å²) in [4.78, 5) is 6.57. The molecule has 1 N–H and O–H groups in total. The Morgan fingerprint density at radius 2 is 2.00 bits per heavy atom. The van der Waals surface area contributed by atoms with E-state index in [0.717, 1.165) is 32.0 Å². The predicted molar refractivity (Wildman–Crippen MR) is 83.4 cm³/mol. The predicted octanol–water partition coefficient (Wildman–Crippen LogP) is 3.01. The van der Waals surface area contributed by atoms with E-state index in [1.54, 1.807) is 0 Å². The van der Waals surface area contributed by atoms with E-state index < -0.39 is 0 Å². The van der Waals surface area contributed by atoms with Crippen LogP contribution in [0.5, 0.6) is 0 Å². The highest BCUT2D eigenvalue weighted by molar-refractivity contribution is 5.42. The van der Waals surface area contributed by atoms with Crippen LogP contribution in [0.25, 0.3) is 0 Å². The van der Waals surface area contributed by atoms with Gasteiger partial charge >= 0.3 is 0 Å². The van der Waals surface area contributed by atoms with Crippen LogP contribution in [-0.2, 0) is 6.54 Å². The first-order valence-corrected chi connectivity index (χ1v) is 6.79. The third-order valence-electron chi connectivity index (χ3n) is 2.71. The van der Waals surface area contributed by atoms with E-state index in [-0.39, 0.29) is 0 Å². The number of hydrogen-bond acceptors (Lipinski definition) is 3. The van der Waals surface area contributed by atoms with Crippen LogP contribution in [0.3, 0.4) is 0 Å². The standard InChI is InChI=1S/C16H25N3/c1-5-9-19(10-6-2)16-11-15(7-8-18-16)13-17-12-14(3)4/h5-8,11,14,17H,1-2,9-10,12-13H2,3-4H3. The van der Waals surface area contributed by atoms with Gasteiger partial charge in [0.2, 0.25) is 0 Å². The Labute approximate surface area is 117 Å². The molecular weight excluding hydrogens is 234 g/mol. The molecule has 19 heavy (non-hydrogen) atoms. The normalized spacial score (nSPS) is 10.5. The number of rotatable bonds is 9. The molecule has 0 fully saturated rings. The Balaban J connectivity index is 2.68. The molecule has 0 saturated heterocycles. The Morgan fingerprint density at radius 1 is 1.32 bits per heavy atom. The van der Waals surface area contributed by atoms with Crippen LogP contribution in [0.4, 0.5) is 5.82 Å². The van der Waals surface area contributed by atoms with Crippen LogP contribution in [-0.4, -0.2) is 24.6 Å². The van der Waals surface area contributed by atoms with Crippen molar-refractivity contribution in [2.45, 2.75) is 20.4 Å². The highest BCUT2D eigenvalue weighted by atomic mass is 15.2. The smallest absolute Gasteiger partial charge is 0.129 e. The number of nitrogens with one attached hydrogen (secondary N) is 1. The fraction of sp³-hybridized carbons (Fsp3) is 0.438. The van der Waals surface area contributed by atoms with E-state index in [9.17, 15) is 0 Å². The first-order valence-electron chi connectivity index (χ1n) is 6.79. The highest BCUT2D eigenvalue weighted by Crippen LogP contribution is 2.12. The summed E-state index contributed by atoms with van der Waals surface area (Å²) in [5.41, 5.74) is 1.25. The Bertz CT molecular complexity index is 389. The van der Waals surface area contributed by atoms with Crippen LogP contribution >= 0.6 is 0 Å². The van der Waals surface area contributed by atoms with Gasteiger partial charge in [0, 0.05) is 25.8 Å². The van der Waals surface area contributed by atoms with Crippen LogP contribution in [0.2, 0.25) is 0 Å². The minimum absolute atomic E-state index is 0.666. The van der Waals surface area contributed by atoms with Gasteiger partial charge in [-0.15, -0.1) is 13.2 Å². The van der Waals surface area contributed by atoms with Crippen molar-refractivity contribution in [3.63, 3.8) is 0 Å². The molecule has 0 aliphatic rings. The minimum atomic E-state index is 0.666. The summed E-state index contributed by atoms with van der Waals surface area (Å²) in [7, 11) is 0. The summed E-state index contributed by atoms with van der Waals surface area (Å²) in [5, 5.41) is 3.44. The summed E-state index contributed by atoms with van der Waals surface area (Å²) in [6.07, 6.45) is 5.63. The van der Waals surface area contributed by atoms with Gasteiger partial charge in [0.25, 0.3) is 0 Å². The van der Waals surface area contributed by atoms with E-state index >= 15 is 0 Å². The lowest BCUT2D eigenvalue weighted by atomic mass is 10.2. The molecule has 104 valence electrons. The summed E-state index contributed by atoms with van der Waals surface area (Å²) >= 11 is 0. The van der Waals surface area contributed by atoms with Gasteiger partial charge in [-0.3, -0.25) is 0 Å². The van der Waals surface area contributed by atoms with Gasteiger partial charge in [-0.2, -0.15) is 0 Å². The lowest BCUT2D eigenvalue weighted by Crippen LogP contribution is -2.24. The van der Waals surface area contributed by atoms with Crippen LogP contribution in [0.15, 0.2) is 43.6 Å². The maximum Gasteiger partial charge on any atom is 0.129 e. The van der Waals surface area contributed by atoms with Crippen molar-refractivity contribution in [1.82, 2.24) is 10.3 Å². The average molecular weight is 259 g/mol. The van der Waals surface area contributed by atoms with E-state index in [2.05, 4.69) is 54.3 Å². The van der Waals surface area contributed by atoms with Crippen molar-refractivity contribution in [3.05, 3.63) is 49.2 Å². The largest absolute Gasteiger partial charge is 0.349 e. The average Bonchev–Trinajstić information content (AvgIpc) is 2.38. The van der Waals surface area contributed by atoms with Crippen LogP contribution < -0.4 is 10.2 Å². The molecule has 0 aromatic carbocycles. The van der Waals surface area contributed by atoms with Gasteiger partial charge in [-0.05, 0) is 30.2 Å². The Hall–Kier alpha value is -1.61. The number of pyridine rings is 1. The van der Waals surface area contributed by atoms with Crippen molar-refractivity contribution < 1.29 is 0 Å². The molecule has 0 saturated carbocycles. The monoisotopic (exact) mass is 259 g/mol. The number of aromatic nitrogens is 1. The second-order valence-corrected chi connectivity index (χ2v) is 5.03. The zero-order valence-electron chi connectivity index (χ0n) is 12.1. The molecule has 0 atom stereocenters. The second kappa shape index (κ2) is 8.48. The zero-order valence-corrected chi connectivity index (χ0v) is 12.1. The molecule has 1 rings (SSSR count). The third kappa shape index (κ3) is 5.71. The minimum Gasteiger partial charge on any atom is -0.349 e. The maximum atomic E-state index is 4.42. The van der Waals surface area contributed by atoms with Gasteiger partial charge in [-0.25, -0.2) is 4.98 Å². The van der Waals surface area contributed by atoms with E-state index in [0.29, 0.717) is 5.92 Å². The summed E-state index contributed by atoms with van der Waals surface area (Å²) < 4.78 is 0. The van der Waals surface area contributed by atoms with E-state index in [4.69, 9.17) is 0 Å². The molecule has 1 aromatic heterocycles. The van der Waals surface area contributed by atoms with E-state index in [1.807, 2.05) is 18.3 Å². The fourth-order valence-corrected chi connectivity index (χ4v) is 1.82. The molecule has 0 aliphatic carbocycles. The van der Waals surface area contributed by atoms with Crippen molar-refractivity contribution in [2.75, 3.05) is 24.5 Å². The van der Waals surface area contributed by atoms with Gasteiger partial charge in [0.1, 0.15) is 5.82 Å². The molecule has 0 amide bonds. The lowest BCUT2D eigenvalue weighted by molar-refractivity contribution is 0.552. The summed E-state index contributed by atoms with van der Waals surface area (Å²) in [6.45, 7) is 15.5. The highest BCUT2D eigenvalue weighted by Gasteiger charge is 2.05. The van der Waals surface area contributed by atoms with Crippen molar-refractivity contribution >= 4 is 5.82 Å². The van der Waals surface area contributed by atoms with Crippen LogP contribution in [0.1, 0.15) is 19.4 Å². The topological polar surface area (TPSA) is 28.2 Å². The van der Waals surface area contributed by atoms with Crippen molar-refractivity contribution in [3.8, 4) is 0 Å². The quantitative estimate of drug-likeness (QED) is 0.691. The zero-order chi connectivity index (χ0) is 14.1. The van der Waals surface area contributed by atoms with Crippen molar-refractivity contribution in [2.24, 2.45) is 5.92 Å². The number of hydrogen-bond donors (Lipinski definition) is 1. The second-order valence-electron chi connectivity index (χ2n) is 5.03. The molecule has 0 radical (unpaired) electrons. The van der Waals surface area contributed by atoms with Gasteiger partial charge < -0.3 is 10.2 Å². The lowest BCUT2D eigenvalue weighted by Gasteiger charge is -2.21. The fourth-order valence-electron chi connectivity index (χ4n) is 1.82. The number of nitrogens with zero attached hydrogens (tertiary/aromatic N) is 2. The molecule has 0 unspecified atom stereocenters.